The Morgan fingerprint density at radius 2 is 1.88 bits per heavy atom. The van der Waals surface area contributed by atoms with Crippen LogP contribution >= 0.6 is 11.6 Å². The van der Waals surface area contributed by atoms with Gasteiger partial charge in [0, 0.05) is 30.3 Å². The predicted octanol–water partition coefficient (Wildman–Crippen LogP) is 4.31. The van der Waals surface area contributed by atoms with Crippen molar-refractivity contribution < 1.29 is 9.53 Å². The number of rotatable bonds is 7. The van der Waals surface area contributed by atoms with Gasteiger partial charge in [-0.2, -0.15) is 0 Å². The Labute approximate surface area is 160 Å². The molecule has 0 aliphatic carbocycles. The number of nitrogens with one attached hydrogen (secondary N) is 1. The highest BCUT2D eigenvalue weighted by Gasteiger charge is 2.13. The van der Waals surface area contributed by atoms with Gasteiger partial charge >= 0.3 is 0 Å². The maximum atomic E-state index is 12.3. The smallest absolute Gasteiger partial charge is 0.255 e. The van der Waals surface area contributed by atoms with Gasteiger partial charge in [-0.1, -0.05) is 23.7 Å². The molecule has 1 N–H and O–H groups in total. The molecule has 0 saturated carbocycles. The number of carbonyl (C=O) groups excluding carboxylic acids is 1. The molecule has 0 radical (unpaired) electrons. The summed E-state index contributed by atoms with van der Waals surface area (Å²) < 4.78 is 5.23. The molecule has 26 heavy (non-hydrogen) atoms. The molecule has 4 nitrogen and oxygen atoms in total. The second-order valence-corrected chi connectivity index (χ2v) is 7.00. The molecule has 2 aromatic carbocycles. The predicted molar refractivity (Wildman–Crippen MR) is 107 cm³/mol. The normalized spacial score (nSPS) is 13.7. The molecule has 1 aliphatic heterocycles. The lowest BCUT2D eigenvalue weighted by Gasteiger charge is -2.17. The van der Waals surface area contributed by atoms with Crippen molar-refractivity contribution in [3.63, 3.8) is 0 Å². The van der Waals surface area contributed by atoms with Gasteiger partial charge in [-0.3, -0.25) is 4.79 Å². The molecule has 1 aliphatic rings. The van der Waals surface area contributed by atoms with E-state index in [-0.39, 0.29) is 5.91 Å². The van der Waals surface area contributed by atoms with Crippen molar-refractivity contribution in [3.8, 4) is 5.75 Å². The number of halogens is 1. The highest BCUT2D eigenvalue weighted by atomic mass is 35.5. The van der Waals surface area contributed by atoms with Gasteiger partial charge in [0.2, 0.25) is 0 Å². The van der Waals surface area contributed by atoms with E-state index in [2.05, 4.69) is 34.5 Å². The summed E-state index contributed by atoms with van der Waals surface area (Å²) in [5.74, 6) is 0.373. The third-order valence-corrected chi connectivity index (χ3v) is 4.98. The molecule has 1 heterocycles. The van der Waals surface area contributed by atoms with Crippen LogP contribution in [0.2, 0.25) is 5.02 Å². The van der Waals surface area contributed by atoms with Crippen LogP contribution in [0.25, 0.3) is 0 Å². The van der Waals surface area contributed by atoms with Gasteiger partial charge in [0.1, 0.15) is 5.75 Å². The number of hydrogen-bond acceptors (Lipinski definition) is 3. The van der Waals surface area contributed by atoms with Crippen molar-refractivity contribution in [2.75, 3.05) is 31.6 Å². The molecule has 5 heteroatoms. The van der Waals surface area contributed by atoms with Crippen molar-refractivity contribution in [3.05, 3.63) is 58.6 Å². The molecule has 0 spiro atoms. The van der Waals surface area contributed by atoms with E-state index >= 15 is 0 Å². The molecule has 1 fully saturated rings. The highest BCUT2D eigenvalue weighted by molar-refractivity contribution is 6.31. The van der Waals surface area contributed by atoms with Crippen LogP contribution < -0.4 is 15.0 Å². The zero-order valence-electron chi connectivity index (χ0n) is 15.1. The summed E-state index contributed by atoms with van der Waals surface area (Å²) in [6.45, 7) is 2.94. The number of nitrogens with zero attached hydrogens (tertiary/aromatic N) is 1. The third-order valence-electron chi connectivity index (χ3n) is 4.74. The lowest BCUT2D eigenvalue weighted by molar-refractivity contribution is 0.0950. The van der Waals surface area contributed by atoms with Crippen molar-refractivity contribution in [1.82, 2.24) is 5.32 Å². The van der Waals surface area contributed by atoms with E-state index in [1.54, 1.807) is 25.3 Å². The van der Waals surface area contributed by atoms with Crippen LogP contribution in [-0.2, 0) is 6.42 Å². The van der Waals surface area contributed by atoms with Crippen molar-refractivity contribution in [2.24, 2.45) is 0 Å². The molecule has 1 amide bonds. The molecule has 0 atom stereocenters. The first-order chi connectivity index (χ1) is 12.7. The van der Waals surface area contributed by atoms with Crippen molar-refractivity contribution in [2.45, 2.75) is 25.7 Å². The van der Waals surface area contributed by atoms with Gasteiger partial charge in [0.05, 0.1) is 12.7 Å². The fourth-order valence-electron chi connectivity index (χ4n) is 3.30. The lowest BCUT2D eigenvalue weighted by Crippen LogP contribution is -2.25. The average molecular weight is 373 g/mol. The maximum absolute atomic E-state index is 12.3. The van der Waals surface area contributed by atoms with Crippen LogP contribution in [0.15, 0.2) is 42.5 Å². The molecule has 0 aromatic heterocycles. The molecule has 0 unspecified atom stereocenters. The number of methoxy groups -OCH3 is 1. The van der Waals surface area contributed by atoms with Gasteiger partial charge in [0.15, 0.2) is 0 Å². The Hall–Kier alpha value is -2.20. The van der Waals surface area contributed by atoms with Crippen molar-refractivity contribution in [1.29, 1.82) is 0 Å². The Morgan fingerprint density at radius 1 is 1.15 bits per heavy atom. The van der Waals surface area contributed by atoms with E-state index in [0.29, 0.717) is 22.9 Å². The lowest BCUT2D eigenvalue weighted by atomic mass is 10.1. The quantitative estimate of drug-likeness (QED) is 0.736. The number of hydrogen-bond donors (Lipinski definition) is 1. The molecule has 138 valence electrons. The second-order valence-electron chi connectivity index (χ2n) is 6.56. The first-order valence-electron chi connectivity index (χ1n) is 9.13. The summed E-state index contributed by atoms with van der Waals surface area (Å²) in [4.78, 5) is 14.8. The Kier molecular flexibility index (Phi) is 6.40. The minimum Gasteiger partial charge on any atom is -0.496 e. The summed E-state index contributed by atoms with van der Waals surface area (Å²) in [5.41, 5.74) is 3.07. The van der Waals surface area contributed by atoms with Crippen LogP contribution in [0.4, 0.5) is 5.69 Å². The van der Waals surface area contributed by atoms with Gasteiger partial charge in [0.25, 0.3) is 5.91 Å². The van der Waals surface area contributed by atoms with E-state index in [4.69, 9.17) is 16.3 Å². The monoisotopic (exact) mass is 372 g/mol. The fourth-order valence-corrected chi connectivity index (χ4v) is 3.47. The van der Waals surface area contributed by atoms with E-state index < -0.39 is 0 Å². The van der Waals surface area contributed by atoms with Gasteiger partial charge in [-0.15, -0.1) is 0 Å². The standard InChI is InChI=1S/C21H25ClN2O2/c1-26-20-11-8-17(22)15-19(20)21(25)23-12-4-5-16-6-9-18(10-7-16)24-13-2-3-14-24/h6-11,15H,2-5,12-14H2,1H3,(H,23,25). The van der Waals surface area contributed by atoms with Crippen molar-refractivity contribution >= 4 is 23.2 Å². The van der Waals surface area contributed by atoms with Gasteiger partial charge in [-0.05, 0) is 61.6 Å². The van der Waals surface area contributed by atoms with E-state index in [1.165, 1.54) is 37.2 Å². The summed E-state index contributed by atoms with van der Waals surface area (Å²) >= 11 is 5.98. The first kappa shape index (κ1) is 18.6. The SMILES string of the molecule is COc1ccc(Cl)cc1C(=O)NCCCc1ccc(N2CCCC2)cc1. The largest absolute Gasteiger partial charge is 0.496 e. The second kappa shape index (κ2) is 8.95. The van der Waals surface area contributed by atoms with Gasteiger partial charge < -0.3 is 15.0 Å². The average Bonchev–Trinajstić information content (AvgIpc) is 3.20. The number of amides is 1. The Morgan fingerprint density at radius 3 is 2.58 bits per heavy atom. The molecule has 0 bridgehead atoms. The number of anilines is 1. The van der Waals surface area contributed by atoms with Crippen LogP contribution in [-0.4, -0.2) is 32.7 Å². The number of benzene rings is 2. The van der Waals surface area contributed by atoms with E-state index in [1.807, 2.05) is 0 Å². The molecular weight excluding hydrogens is 348 g/mol. The third kappa shape index (κ3) is 4.70. The zero-order chi connectivity index (χ0) is 18.4. The van der Waals surface area contributed by atoms with Crippen LogP contribution in [0.5, 0.6) is 5.75 Å². The molecule has 1 saturated heterocycles. The number of ether oxygens (including phenoxy) is 1. The molecular formula is C21H25ClN2O2. The van der Waals surface area contributed by atoms with E-state index in [0.717, 1.165) is 12.8 Å². The topological polar surface area (TPSA) is 41.6 Å². The fraction of sp³-hybridized carbons (Fsp3) is 0.381. The summed E-state index contributed by atoms with van der Waals surface area (Å²) in [5, 5.41) is 3.46. The summed E-state index contributed by atoms with van der Waals surface area (Å²) in [6.07, 6.45) is 4.41. The zero-order valence-corrected chi connectivity index (χ0v) is 15.9. The maximum Gasteiger partial charge on any atom is 0.255 e. The van der Waals surface area contributed by atoms with Crippen LogP contribution in [0, 0.1) is 0 Å². The summed E-state index contributed by atoms with van der Waals surface area (Å²) in [6, 6.07) is 13.8. The molecule has 3 rings (SSSR count). The minimum atomic E-state index is -0.159. The minimum absolute atomic E-state index is 0.159. The summed E-state index contributed by atoms with van der Waals surface area (Å²) in [7, 11) is 1.55. The van der Waals surface area contributed by atoms with E-state index in [9.17, 15) is 4.79 Å². The Bertz CT molecular complexity index is 740. The number of carbonyl (C=O) groups is 1. The Balaban J connectivity index is 1.46. The number of aryl methyl sites for hydroxylation is 1. The molecule has 2 aromatic rings. The first-order valence-corrected chi connectivity index (χ1v) is 9.51. The van der Waals surface area contributed by atoms with Crippen LogP contribution in [0.3, 0.4) is 0 Å². The van der Waals surface area contributed by atoms with Gasteiger partial charge in [-0.25, -0.2) is 0 Å². The van der Waals surface area contributed by atoms with Crippen LogP contribution in [0.1, 0.15) is 35.2 Å². The highest BCUT2D eigenvalue weighted by Crippen LogP contribution is 2.23.